The molecule has 0 unspecified atom stereocenters. The molecule has 0 heterocycles. The van der Waals surface area contributed by atoms with Crippen LogP contribution in [0.2, 0.25) is 0 Å². The third-order valence-corrected chi connectivity index (χ3v) is 4.09. The van der Waals surface area contributed by atoms with Crippen molar-refractivity contribution in [2.45, 2.75) is 19.4 Å². The second-order valence-corrected chi connectivity index (χ2v) is 6.38. The van der Waals surface area contributed by atoms with Crippen molar-refractivity contribution < 1.29 is 4.74 Å². The van der Waals surface area contributed by atoms with Gasteiger partial charge in [-0.1, -0.05) is 28.1 Å². The van der Waals surface area contributed by atoms with Crippen molar-refractivity contribution in [3.8, 4) is 0 Å². The maximum atomic E-state index is 5.67. The first-order valence-corrected chi connectivity index (χ1v) is 8.22. The predicted molar refractivity (Wildman–Crippen MR) is 90.5 cm³/mol. The monoisotopic (exact) mass is 353 g/mol. The molecule has 1 saturated carbocycles. The van der Waals surface area contributed by atoms with E-state index < -0.39 is 0 Å². The maximum Gasteiger partial charge on any atom is 0.193 e. The molecule has 1 N–H and O–H groups in total. The average molecular weight is 354 g/mol. The van der Waals surface area contributed by atoms with Gasteiger partial charge in [-0.05, 0) is 36.5 Å². The average Bonchev–Trinajstić information content (AvgIpc) is 3.30. The van der Waals surface area contributed by atoms with Gasteiger partial charge in [0.1, 0.15) is 0 Å². The first kappa shape index (κ1) is 16.3. The standard InChI is InChI=1S/C16H24BrN3O/c1-18-16(19-11-13-5-7-15(17)8-6-13)20(2)9-10-21-12-14-3-4-14/h5-8,14H,3-4,9-12H2,1-2H3,(H,18,19). The van der Waals surface area contributed by atoms with Crippen LogP contribution in [0.4, 0.5) is 0 Å². The van der Waals surface area contributed by atoms with E-state index in [1.54, 1.807) is 0 Å². The van der Waals surface area contributed by atoms with E-state index in [2.05, 4.69) is 55.4 Å². The Hall–Kier alpha value is -1.07. The van der Waals surface area contributed by atoms with Crippen LogP contribution in [0.5, 0.6) is 0 Å². The minimum atomic E-state index is 0.756. The summed E-state index contributed by atoms with van der Waals surface area (Å²) in [7, 11) is 3.85. The molecule has 4 nitrogen and oxygen atoms in total. The van der Waals surface area contributed by atoms with Crippen molar-refractivity contribution in [2.75, 3.05) is 33.9 Å². The van der Waals surface area contributed by atoms with Crippen molar-refractivity contribution in [2.24, 2.45) is 10.9 Å². The highest BCUT2D eigenvalue weighted by Gasteiger charge is 2.21. The van der Waals surface area contributed by atoms with Crippen LogP contribution in [0, 0.1) is 5.92 Å². The molecule has 0 aromatic heterocycles. The molecule has 2 rings (SSSR count). The molecule has 1 aromatic carbocycles. The number of nitrogens with zero attached hydrogens (tertiary/aromatic N) is 2. The molecule has 116 valence electrons. The van der Waals surface area contributed by atoms with Crippen molar-refractivity contribution >= 4 is 21.9 Å². The maximum absolute atomic E-state index is 5.67. The predicted octanol–water partition coefficient (Wildman–Crippen LogP) is 2.88. The lowest BCUT2D eigenvalue weighted by Crippen LogP contribution is -2.40. The summed E-state index contributed by atoms with van der Waals surface area (Å²) in [5, 5.41) is 3.37. The summed E-state index contributed by atoms with van der Waals surface area (Å²) in [6.45, 7) is 3.30. The molecule has 21 heavy (non-hydrogen) atoms. The van der Waals surface area contributed by atoms with Gasteiger partial charge in [0.25, 0.3) is 0 Å². The molecule has 0 atom stereocenters. The van der Waals surface area contributed by atoms with E-state index in [4.69, 9.17) is 4.74 Å². The number of guanidine groups is 1. The number of halogens is 1. The van der Waals surface area contributed by atoms with Gasteiger partial charge >= 0.3 is 0 Å². The van der Waals surface area contributed by atoms with E-state index in [1.807, 2.05) is 14.1 Å². The van der Waals surface area contributed by atoms with Crippen LogP contribution in [-0.4, -0.2) is 44.7 Å². The molecule has 1 fully saturated rings. The second kappa shape index (κ2) is 8.39. The molecule has 0 aliphatic heterocycles. The third kappa shape index (κ3) is 6.06. The fourth-order valence-corrected chi connectivity index (χ4v) is 2.27. The highest BCUT2D eigenvalue weighted by atomic mass is 79.9. The molecule has 0 radical (unpaired) electrons. The molecule has 1 aliphatic rings. The Labute approximate surface area is 135 Å². The zero-order valence-corrected chi connectivity index (χ0v) is 14.4. The highest BCUT2D eigenvalue weighted by Crippen LogP contribution is 2.28. The fourth-order valence-electron chi connectivity index (χ4n) is 2.01. The molecular weight excluding hydrogens is 330 g/mol. The minimum absolute atomic E-state index is 0.756. The molecule has 5 heteroatoms. The van der Waals surface area contributed by atoms with Gasteiger partial charge in [0.2, 0.25) is 0 Å². The van der Waals surface area contributed by atoms with Crippen molar-refractivity contribution in [3.05, 3.63) is 34.3 Å². The van der Waals surface area contributed by atoms with E-state index in [0.29, 0.717) is 0 Å². The largest absolute Gasteiger partial charge is 0.379 e. The van der Waals surface area contributed by atoms with Crippen molar-refractivity contribution in [1.29, 1.82) is 0 Å². The molecular formula is C16H24BrN3O. The van der Waals surface area contributed by atoms with Crippen LogP contribution < -0.4 is 5.32 Å². The first-order chi connectivity index (χ1) is 10.2. The number of likely N-dealkylation sites (N-methyl/N-ethyl adjacent to an activating group) is 1. The minimum Gasteiger partial charge on any atom is -0.379 e. The molecule has 0 bridgehead atoms. The van der Waals surface area contributed by atoms with Crippen LogP contribution in [0.15, 0.2) is 33.7 Å². The topological polar surface area (TPSA) is 36.9 Å². The summed E-state index contributed by atoms with van der Waals surface area (Å²) in [6, 6.07) is 8.30. The van der Waals surface area contributed by atoms with Crippen LogP contribution in [0.1, 0.15) is 18.4 Å². The van der Waals surface area contributed by atoms with Crippen LogP contribution in [-0.2, 0) is 11.3 Å². The number of aliphatic imine (C=N–C) groups is 1. The summed E-state index contributed by atoms with van der Waals surface area (Å²) >= 11 is 3.45. The summed E-state index contributed by atoms with van der Waals surface area (Å²) < 4.78 is 6.77. The van der Waals surface area contributed by atoms with Gasteiger partial charge in [0.05, 0.1) is 6.61 Å². The summed E-state index contributed by atoms with van der Waals surface area (Å²) in [4.78, 5) is 6.42. The second-order valence-electron chi connectivity index (χ2n) is 5.47. The van der Waals surface area contributed by atoms with Crippen LogP contribution >= 0.6 is 15.9 Å². The SMILES string of the molecule is CN=C(NCc1ccc(Br)cc1)N(C)CCOCC1CC1. The molecule has 1 aromatic rings. The number of rotatable bonds is 7. The molecule has 1 aliphatic carbocycles. The van der Waals surface area contributed by atoms with Crippen molar-refractivity contribution in [1.82, 2.24) is 10.2 Å². The zero-order valence-electron chi connectivity index (χ0n) is 12.8. The zero-order chi connectivity index (χ0) is 15.1. The van der Waals surface area contributed by atoms with Gasteiger partial charge in [0.15, 0.2) is 5.96 Å². The third-order valence-electron chi connectivity index (χ3n) is 3.56. The van der Waals surface area contributed by atoms with Crippen LogP contribution in [0.25, 0.3) is 0 Å². The Bertz CT molecular complexity index is 457. The number of nitrogens with one attached hydrogen (secondary N) is 1. The van der Waals surface area contributed by atoms with E-state index in [1.165, 1.54) is 18.4 Å². The van der Waals surface area contributed by atoms with Gasteiger partial charge in [-0.25, -0.2) is 0 Å². The number of hydrogen-bond acceptors (Lipinski definition) is 2. The van der Waals surface area contributed by atoms with Gasteiger partial charge in [-0.15, -0.1) is 0 Å². The number of ether oxygens (including phenoxy) is 1. The lowest BCUT2D eigenvalue weighted by atomic mass is 10.2. The van der Waals surface area contributed by atoms with Gasteiger partial charge in [0, 0.05) is 38.3 Å². The number of benzene rings is 1. The van der Waals surface area contributed by atoms with E-state index >= 15 is 0 Å². The van der Waals surface area contributed by atoms with Gasteiger partial charge < -0.3 is 15.0 Å². The van der Waals surface area contributed by atoms with E-state index in [9.17, 15) is 0 Å². The van der Waals surface area contributed by atoms with Crippen LogP contribution in [0.3, 0.4) is 0 Å². The highest BCUT2D eigenvalue weighted by molar-refractivity contribution is 9.10. The van der Waals surface area contributed by atoms with Crippen molar-refractivity contribution in [3.63, 3.8) is 0 Å². The lowest BCUT2D eigenvalue weighted by molar-refractivity contribution is 0.115. The summed E-state index contributed by atoms with van der Waals surface area (Å²) in [5.41, 5.74) is 1.23. The molecule has 0 spiro atoms. The Balaban J connectivity index is 1.69. The lowest BCUT2D eigenvalue weighted by Gasteiger charge is -2.22. The smallest absolute Gasteiger partial charge is 0.193 e. The quantitative estimate of drug-likeness (QED) is 0.465. The summed E-state index contributed by atoms with van der Waals surface area (Å²) in [5.74, 6) is 1.72. The summed E-state index contributed by atoms with van der Waals surface area (Å²) in [6.07, 6.45) is 2.68. The Morgan fingerprint density at radius 1 is 1.38 bits per heavy atom. The first-order valence-electron chi connectivity index (χ1n) is 7.43. The molecule has 0 saturated heterocycles. The van der Waals surface area contributed by atoms with E-state index in [-0.39, 0.29) is 0 Å². The van der Waals surface area contributed by atoms with Gasteiger partial charge in [-0.2, -0.15) is 0 Å². The Morgan fingerprint density at radius 3 is 2.71 bits per heavy atom. The van der Waals surface area contributed by atoms with Gasteiger partial charge in [-0.3, -0.25) is 4.99 Å². The number of hydrogen-bond donors (Lipinski definition) is 1. The molecule has 0 amide bonds. The normalized spacial score (nSPS) is 15.1. The Kier molecular flexibility index (Phi) is 6.51. The fraction of sp³-hybridized carbons (Fsp3) is 0.562. The van der Waals surface area contributed by atoms with E-state index in [0.717, 1.165) is 42.7 Å². The Morgan fingerprint density at radius 2 is 2.10 bits per heavy atom.